The van der Waals surface area contributed by atoms with Crippen molar-refractivity contribution < 1.29 is 4.79 Å². The highest BCUT2D eigenvalue weighted by atomic mass is 16.1. The minimum atomic E-state index is 0.106. The van der Waals surface area contributed by atoms with Gasteiger partial charge in [-0.25, -0.2) is 0 Å². The maximum absolute atomic E-state index is 12.6. The van der Waals surface area contributed by atoms with Gasteiger partial charge < -0.3 is 5.32 Å². The van der Waals surface area contributed by atoms with Gasteiger partial charge in [0.25, 0.3) is 5.91 Å². The number of piperidine rings is 2. The lowest BCUT2D eigenvalue weighted by Gasteiger charge is -2.53. The standard InChI is InChI=1S/C22H32N2O/c1-16-10-12-17(13-11-16)22(25)23-18-14-20-8-5-9-21(15-18)24(20)19-6-3-2-4-7-19/h10-13,18-21H,2-9,14-15H2,1H3,(H,23,25)/t20-,21-/m1/s1. The molecule has 2 heterocycles. The molecule has 1 saturated carbocycles. The van der Waals surface area contributed by atoms with Gasteiger partial charge in [0.1, 0.15) is 0 Å². The summed E-state index contributed by atoms with van der Waals surface area (Å²) in [6.07, 6.45) is 13.3. The van der Waals surface area contributed by atoms with E-state index in [4.69, 9.17) is 0 Å². The first-order chi connectivity index (χ1) is 12.2. The third-order valence-electron chi connectivity index (χ3n) is 6.68. The van der Waals surface area contributed by atoms with Crippen LogP contribution in [-0.2, 0) is 0 Å². The zero-order chi connectivity index (χ0) is 17.2. The first-order valence-electron chi connectivity index (χ1n) is 10.4. The van der Waals surface area contributed by atoms with E-state index in [1.807, 2.05) is 24.3 Å². The van der Waals surface area contributed by atoms with E-state index < -0.39 is 0 Å². The maximum Gasteiger partial charge on any atom is 0.251 e. The Bertz CT molecular complexity index is 577. The van der Waals surface area contributed by atoms with Crippen molar-refractivity contribution in [3.8, 4) is 0 Å². The quantitative estimate of drug-likeness (QED) is 0.882. The number of carbonyl (C=O) groups excluding carboxylic acids is 1. The van der Waals surface area contributed by atoms with Gasteiger partial charge in [0, 0.05) is 29.7 Å². The topological polar surface area (TPSA) is 32.3 Å². The number of hydrogen-bond acceptors (Lipinski definition) is 2. The Morgan fingerprint density at radius 1 is 0.880 bits per heavy atom. The molecule has 0 radical (unpaired) electrons. The van der Waals surface area contributed by atoms with Crippen molar-refractivity contribution >= 4 is 5.91 Å². The number of nitrogens with one attached hydrogen (secondary N) is 1. The molecule has 3 fully saturated rings. The zero-order valence-corrected chi connectivity index (χ0v) is 15.5. The molecule has 3 nitrogen and oxygen atoms in total. The van der Waals surface area contributed by atoms with Gasteiger partial charge in [-0.1, -0.05) is 43.4 Å². The molecule has 2 saturated heterocycles. The van der Waals surface area contributed by atoms with Crippen molar-refractivity contribution in [3.05, 3.63) is 35.4 Å². The molecule has 2 atom stereocenters. The molecular formula is C22H32N2O. The third-order valence-corrected chi connectivity index (χ3v) is 6.68. The number of carbonyl (C=O) groups is 1. The largest absolute Gasteiger partial charge is 0.349 e. The minimum Gasteiger partial charge on any atom is -0.349 e. The lowest BCUT2D eigenvalue weighted by Crippen LogP contribution is -2.60. The predicted molar refractivity (Wildman–Crippen MR) is 102 cm³/mol. The van der Waals surface area contributed by atoms with Gasteiger partial charge in [0.15, 0.2) is 0 Å². The number of rotatable bonds is 3. The molecule has 3 heteroatoms. The van der Waals surface area contributed by atoms with E-state index in [2.05, 4.69) is 17.1 Å². The van der Waals surface area contributed by atoms with Crippen LogP contribution in [0.3, 0.4) is 0 Å². The van der Waals surface area contributed by atoms with Crippen LogP contribution in [0, 0.1) is 6.92 Å². The van der Waals surface area contributed by atoms with Crippen LogP contribution < -0.4 is 5.32 Å². The second kappa shape index (κ2) is 7.49. The van der Waals surface area contributed by atoms with Gasteiger partial charge in [-0.2, -0.15) is 0 Å². The summed E-state index contributed by atoms with van der Waals surface area (Å²) in [5, 5.41) is 3.34. The summed E-state index contributed by atoms with van der Waals surface area (Å²) in [5.41, 5.74) is 2.00. The number of nitrogens with zero attached hydrogens (tertiary/aromatic N) is 1. The van der Waals surface area contributed by atoms with E-state index in [0.29, 0.717) is 18.1 Å². The van der Waals surface area contributed by atoms with Gasteiger partial charge in [0.05, 0.1) is 0 Å². The van der Waals surface area contributed by atoms with Crippen LogP contribution in [0.5, 0.6) is 0 Å². The Labute approximate surface area is 152 Å². The first-order valence-corrected chi connectivity index (χ1v) is 10.4. The van der Waals surface area contributed by atoms with Gasteiger partial charge in [0.2, 0.25) is 0 Å². The molecule has 1 aromatic rings. The molecular weight excluding hydrogens is 308 g/mol. The molecule has 1 aliphatic carbocycles. The summed E-state index contributed by atoms with van der Waals surface area (Å²) in [6.45, 7) is 2.06. The van der Waals surface area contributed by atoms with Crippen LogP contribution in [-0.4, -0.2) is 35.0 Å². The number of amides is 1. The smallest absolute Gasteiger partial charge is 0.251 e. The molecule has 0 unspecified atom stereocenters. The summed E-state index contributed by atoms with van der Waals surface area (Å²) in [7, 11) is 0. The summed E-state index contributed by atoms with van der Waals surface area (Å²) in [4.78, 5) is 15.5. The lowest BCUT2D eigenvalue weighted by atomic mass is 9.78. The predicted octanol–water partition coefficient (Wildman–Crippen LogP) is 4.44. The summed E-state index contributed by atoms with van der Waals surface area (Å²) < 4.78 is 0. The summed E-state index contributed by atoms with van der Waals surface area (Å²) in [6, 6.07) is 10.5. The van der Waals surface area contributed by atoms with Gasteiger partial charge in [-0.15, -0.1) is 0 Å². The normalized spacial score (nSPS) is 30.8. The molecule has 136 valence electrons. The summed E-state index contributed by atoms with van der Waals surface area (Å²) >= 11 is 0. The second-order valence-electron chi connectivity index (χ2n) is 8.49. The van der Waals surface area contributed by atoms with E-state index in [9.17, 15) is 4.79 Å². The average molecular weight is 341 g/mol. The van der Waals surface area contributed by atoms with Crippen LogP contribution in [0.1, 0.15) is 80.1 Å². The van der Waals surface area contributed by atoms with Crippen molar-refractivity contribution in [2.24, 2.45) is 0 Å². The highest BCUT2D eigenvalue weighted by Gasteiger charge is 2.41. The van der Waals surface area contributed by atoms with Crippen molar-refractivity contribution in [3.63, 3.8) is 0 Å². The minimum absolute atomic E-state index is 0.106. The Hall–Kier alpha value is -1.35. The van der Waals surface area contributed by atoms with Crippen LogP contribution in [0.25, 0.3) is 0 Å². The van der Waals surface area contributed by atoms with E-state index in [-0.39, 0.29) is 5.91 Å². The number of fused-ring (bicyclic) bond motifs is 2. The van der Waals surface area contributed by atoms with Crippen LogP contribution in [0.2, 0.25) is 0 Å². The Kier molecular flexibility index (Phi) is 5.12. The van der Waals surface area contributed by atoms with E-state index in [1.54, 1.807) is 0 Å². The number of aryl methyl sites for hydroxylation is 1. The fourth-order valence-corrected chi connectivity index (χ4v) is 5.48. The molecule has 1 N–H and O–H groups in total. The molecule has 25 heavy (non-hydrogen) atoms. The summed E-state index contributed by atoms with van der Waals surface area (Å²) in [5.74, 6) is 0.106. The van der Waals surface area contributed by atoms with Crippen molar-refractivity contribution in [2.75, 3.05) is 0 Å². The Morgan fingerprint density at radius 3 is 2.12 bits per heavy atom. The highest BCUT2D eigenvalue weighted by Crippen LogP contribution is 2.39. The number of hydrogen-bond donors (Lipinski definition) is 1. The molecule has 2 bridgehead atoms. The fraction of sp³-hybridized carbons (Fsp3) is 0.682. The molecule has 1 amide bonds. The Balaban J connectivity index is 1.40. The molecule has 1 aromatic carbocycles. The lowest BCUT2D eigenvalue weighted by molar-refractivity contribution is -0.0211. The fourth-order valence-electron chi connectivity index (χ4n) is 5.48. The van der Waals surface area contributed by atoms with Crippen molar-refractivity contribution in [2.45, 2.75) is 95.3 Å². The van der Waals surface area contributed by atoms with Crippen molar-refractivity contribution in [1.29, 1.82) is 0 Å². The van der Waals surface area contributed by atoms with Gasteiger partial charge >= 0.3 is 0 Å². The zero-order valence-electron chi connectivity index (χ0n) is 15.5. The van der Waals surface area contributed by atoms with Gasteiger partial charge in [-0.05, 0) is 57.6 Å². The molecule has 4 rings (SSSR count). The van der Waals surface area contributed by atoms with Gasteiger partial charge in [-0.3, -0.25) is 9.69 Å². The molecule has 0 aromatic heterocycles. The molecule has 3 aliphatic rings. The molecule has 2 aliphatic heterocycles. The Morgan fingerprint density at radius 2 is 1.48 bits per heavy atom. The van der Waals surface area contributed by atoms with Crippen LogP contribution in [0.15, 0.2) is 24.3 Å². The monoisotopic (exact) mass is 340 g/mol. The van der Waals surface area contributed by atoms with Crippen molar-refractivity contribution in [1.82, 2.24) is 10.2 Å². The highest BCUT2D eigenvalue weighted by molar-refractivity contribution is 5.94. The second-order valence-corrected chi connectivity index (χ2v) is 8.49. The van der Waals surface area contributed by atoms with E-state index in [0.717, 1.165) is 24.4 Å². The van der Waals surface area contributed by atoms with E-state index >= 15 is 0 Å². The van der Waals surface area contributed by atoms with Crippen LogP contribution in [0.4, 0.5) is 0 Å². The average Bonchev–Trinajstić information content (AvgIpc) is 2.62. The number of benzene rings is 1. The SMILES string of the molecule is Cc1ccc(C(=O)NC2C[C@H]3CCC[C@H](C2)N3C2CCCCC2)cc1. The maximum atomic E-state index is 12.6. The molecule has 0 spiro atoms. The van der Waals surface area contributed by atoms with Crippen LogP contribution >= 0.6 is 0 Å². The third kappa shape index (κ3) is 3.76. The van der Waals surface area contributed by atoms with E-state index in [1.165, 1.54) is 56.9 Å². The first kappa shape index (κ1) is 17.1.